The molecular weight excluding hydrogens is 390 g/mol. The fourth-order valence-corrected chi connectivity index (χ4v) is 2.90. The number of ether oxygens (including phenoxy) is 2. The second-order valence-corrected chi connectivity index (χ2v) is 6.85. The molecule has 0 aliphatic heterocycles. The fourth-order valence-electron chi connectivity index (χ4n) is 2.72. The minimum atomic E-state index is -0.575. The van der Waals surface area contributed by atoms with Crippen LogP contribution in [0.5, 0.6) is 5.75 Å². The van der Waals surface area contributed by atoms with Gasteiger partial charge in [-0.25, -0.2) is 4.79 Å². The Hall–Kier alpha value is -3.31. The van der Waals surface area contributed by atoms with Gasteiger partial charge in [0.05, 0.1) is 18.4 Å². The van der Waals surface area contributed by atoms with E-state index in [-0.39, 0.29) is 0 Å². The first-order chi connectivity index (χ1) is 14.0. The molecule has 6 heteroatoms. The second-order valence-electron chi connectivity index (χ2n) is 6.41. The van der Waals surface area contributed by atoms with E-state index in [2.05, 4.69) is 5.32 Å². The maximum absolute atomic E-state index is 12.2. The Morgan fingerprint density at radius 3 is 2.17 bits per heavy atom. The van der Waals surface area contributed by atoms with Gasteiger partial charge in [-0.2, -0.15) is 0 Å². The number of esters is 1. The number of carbonyl (C=O) groups is 2. The van der Waals surface area contributed by atoms with E-state index in [0.29, 0.717) is 22.0 Å². The van der Waals surface area contributed by atoms with Gasteiger partial charge in [-0.05, 0) is 48.4 Å². The number of rotatable bonds is 6. The summed E-state index contributed by atoms with van der Waals surface area (Å²) in [6.07, 6.45) is 0. The number of hydrogen-bond acceptors (Lipinski definition) is 4. The number of methoxy groups -OCH3 is 1. The molecule has 29 heavy (non-hydrogen) atoms. The zero-order chi connectivity index (χ0) is 20.8. The summed E-state index contributed by atoms with van der Waals surface area (Å²) >= 11 is 5.94. The molecule has 0 radical (unpaired) electrons. The van der Waals surface area contributed by atoms with Crippen molar-refractivity contribution in [1.29, 1.82) is 0 Å². The summed E-state index contributed by atoms with van der Waals surface area (Å²) in [4.78, 5) is 24.3. The fraction of sp³-hybridized carbons (Fsp3) is 0.130. The number of benzene rings is 3. The molecule has 0 unspecified atom stereocenters. The van der Waals surface area contributed by atoms with Crippen LogP contribution in [0.4, 0.5) is 5.69 Å². The lowest BCUT2D eigenvalue weighted by Crippen LogP contribution is -2.21. The maximum atomic E-state index is 12.2. The first kappa shape index (κ1) is 20.4. The largest absolute Gasteiger partial charge is 0.495 e. The first-order valence-electron chi connectivity index (χ1n) is 8.94. The average Bonchev–Trinajstić information content (AvgIpc) is 2.73. The Morgan fingerprint density at radius 1 is 0.931 bits per heavy atom. The summed E-state index contributed by atoms with van der Waals surface area (Å²) in [5, 5.41) is 3.07. The first-order valence-corrected chi connectivity index (χ1v) is 9.31. The molecule has 3 rings (SSSR count). The number of amides is 1. The average molecular weight is 410 g/mol. The molecule has 0 aliphatic rings. The van der Waals surface area contributed by atoms with E-state index < -0.39 is 18.5 Å². The van der Waals surface area contributed by atoms with E-state index in [1.54, 1.807) is 30.3 Å². The molecule has 0 bridgehead atoms. The van der Waals surface area contributed by atoms with Gasteiger partial charge in [-0.3, -0.25) is 4.79 Å². The van der Waals surface area contributed by atoms with Crippen LogP contribution in [-0.2, 0) is 9.53 Å². The molecular formula is C23H20ClNO4. The van der Waals surface area contributed by atoms with Crippen LogP contribution in [0, 0.1) is 6.92 Å². The van der Waals surface area contributed by atoms with Gasteiger partial charge >= 0.3 is 5.97 Å². The standard InChI is InChI=1S/C23H20ClNO4/c1-15-3-5-16(6-4-15)17-7-9-18(10-8-17)23(27)29-14-22(26)25-20-13-19(24)11-12-21(20)28-2/h3-13H,14H2,1-2H3,(H,25,26). The van der Waals surface area contributed by atoms with Gasteiger partial charge in [0.25, 0.3) is 5.91 Å². The van der Waals surface area contributed by atoms with Crippen LogP contribution in [0.3, 0.4) is 0 Å². The van der Waals surface area contributed by atoms with Gasteiger partial charge in [-0.1, -0.05) is 53.6 Å². The van der Waals surface area contributed by atoms with Crippen LogP contribution in [0.2, 0.25) is 5.02 Å². The molecule has 0 spiro atoms. The van der Waals surface area contributed by atoms with Crippen LogP contribution in [-0.4, -0.2) is 25.6 Å². The van der Waals surface area contributed by atoms with Crippen LogP contribution in [0.15, 0.2) is 66.7 Å². The monoisotopic (exact) mass is 409 g/mol. The van der Waals surface area contributed by atoms with E-state index >= 15 is 0 Å². The van der Waals surface area contributed by atoms with Gasteiger partial charge in [0, 0.05) is 5.02 Å². The Kier molecular flexibility index (Phi) is 6.52. The number of aryl methyl sites for hydroxylation is 1. The van der Waals surface area contributed by atoms with Crippen LogP contribution >= 0.6 is 11.6 Å². The molecule has 1 N–H and O–H groups in total. The van der Waals surface area contributed by atoms with Crippen molar-refractivity contribution in [3.05, 3.63) is 82.9 Å². The number of halogens is 1. The lowest BCUT2D eigenvalue weighted by atomic mass is 10.0. The van der Waals surface area contributed by atoms with E-state index in [1.807, 2.05) is 43.3 Å². The van der Waals surface area contributed by atoms with Crippen molar-refractivity contribution in [1.82, 2.24) is 0 Å². The third-order valence-electron chi connectivity index (χ3n) is 4.28. The molecule has 0 aliphatic carbocycles. The molecule has 0 saturated carbocycles. The number of hydrogen-bond donors (Lipinski definition) is 1. The lowest BCUT2D eigenvalue weighted by Gasteiger charge is -2.11. The molecule has 5 nitrogen and oxygen atoms in total. The molecule has 0 atom stereocenters. The highest BCUT2D eigenvalue weighted by Gasteiger charge is 2.13. The van der Waals surface area contributed by atoms with E-state index in [4.69, 9.17) is 21.1 Å². The van der Waals surface area contributed by atoms with E-state index in [0.717, 1.165) is 11.1 Å². The summed E-state index contributed by atoms with van der Waals surface area (Å²) in [6, 6.07) is 20.0. The highest BCUT2D eigenvalue weighted by atomic mass is 35.5. The summed E-state index contributed by atoms with van der Waals surface area (Å²) in [5.41, 5.74) is 4.01. The third-order valence-corrected chi connectivity index (χ3v) is 4.51. The van der Waals surface area contributed by atoms with Crippen molar-refractivity contribution in [3.63, 3.8) is 0 Å². The minimum absolute atomic E-state index is 0.369. The van der Waals surface area contributed by atoms with Gasteiger partial charge < -0.3 is 14.8 Å². The molecule has 1 amide bonds. The van der Waals surface area contributed by atoms with Crippen molar-refractivity contribution in [2.24, 2.45) is 0 Å². The molecule has 0 saturated heterocycles. The number of anilines is 1. The topological polar surface area (TPSA) is 64.6 Å². The highest BCUT2D eigenvalue weighted by molar-refractivity contribution is 6.31. The molecule has 0 heterocycles. The zero-order valence-electron chi connectivity index (χ0n) is 16.1. The molecule has 3 aromatic carbocycles. The zero-order valence-corrected chi connectivity index (χ0v) is 16.8. The molecule has 3 aromatic rings. The summed E-state index contributed by atoms with van der Waals surface area (Å²) in [6.45, 7) is 1.61. The number of carbonyl (C=O) groups excluding carboxylic acids is 2. The Morgan fingerprint density at radius 2 is 1.55 bits per heavy atom. The molecule has 0 fully saturated rings. The van der Waals surface area contributed by atoms with Gasteiger partial charge in [-0.15, -0.1) is 0 Å². The van der Waals surface area contributed by atoms with Crippen LogP contribution in [0.25, 0.3) is 11.1 Å². The van der Waals surface area contributed by atoms with E-state index in [9.17, 15) is 9.59 Å². The van der Waals surface area contributed by atoms with Gasteiger partial charge in [0.1, 0.15) is 5.75 Å². The lowest BCUT2D eigenvalue weighted by molar-refractivity contribution is -0.119. The van der Waals surface area contributed by atoms with Gasteiger partial charge in [0.2, 0.25) is 0 Å². The van der Waals surface area contributed by atoms with Crippen molar-refractivity contribution in [2.75, 3.05) is 19.0 Å². The van der Waals surface area contributed by atoms with E-state index in [1.165, 1.54) is 12.7 Å². The Balaban J connectivity index is 1.58. The maximum Gasteiger partial charge on any atom is 0.338 e. The predicted molar refractivity (Wildman–Crippen MR) is 114 cm³/mol. The van der Waals surface area contributed by atoms with Crippen molar-refractivity contribution in [2.45, 2.75) is 6.92 Å². The van der Waals surface area contributed by atoms with Gasteiger partial charge in [0.15, 0.2) is 6.61 Å². The smallest absolute Gasteiger partial charge is 0.338 e. The normalized spacial score (nSPS) is 10.3. The van der Waals surface area contributed by atoms with Crippen molar-refractivity contribution < 1.29 is 19.1 Å². The Bertz CT molecular complexity index is 1010. The third kappa shape index (κ3) is 5.36. The van der Waals surface area contributed by atoms with Crippen molar-refractivity contribution >= 4 is 29.2 Å². The minimum Gasteiger partial charge on any atom is -0.495 e. The Labute approximate surface area is 174 Å². The van der Waals surface area contributed by atoms with Crippen LogP contribution in [0.1, 0.15) is 15.9 Å². The quantitative estimate of drug-likeness (QED) is 0.574. The predicted octanol–water partition coefficient (Wildman–Crippen LogP) is 5.12. The molecule has 148 valence electrons. The SMILES string of the molecule is COc1ccc(Cl)cc1NC(=O)COC(=O)c1ccc(-c2ccc(C)cc2)cc1. The highest BCUT2D eigenvalue weighted by Crippen LogP contribution is 2.27. The van der Waals surface area contributed by atoms with Crippen LogP contribution < -0.4 is 10.1 Å². The molecule has 0 aromatic heterocycles. The summed E-state index contributed by atoms with van der Waals surface area (Å²) in [5.74, 6) is -0.607. The number of nitrogens with one attached hydrogen (secondary N) is 1. The van der Waals surface area contributed by atoms with Crippen molar-refractivity contribution in [3.8, 4) is 16.9 Å². The summed E-state index contributed by atoms with van der Waals surface area (Å²) < 4.78 is 10.3. The second kappa shape index (κ2) is 9.26. The summed E-state index contributed by atoms with van der Waals surface area (Å²) in [7, 11) is 1.49.